The van der Waals surface area contributed by atoms with Crippen molar-refractivity contribution in [1.82, 2.24) is 4.98 Å². The van der Waals surface area contributed by atoms with E-state index in [0.717, 1.165) is 12.1 Å². The minimum Gasteiger partial charge on any atom is -0.361 e. The van der Waals surface area contributed by atoms with Crippen molar-refractivity contribution in [3.8, 4) is 11.3 Å². The quantitative estimate of drug-likeness (QED) is 0.803. The Morgan fingerprint density at radius 3 is 2.62 bits per heavy atom. The molecule has 0 saturated carbocycles. The van der Waals surface area contributed by atoms with Crippen LogP contribution in [0.5, 0.6) is 0 Å². The van der Waals surface area contributed by atoms with E-state index in [0.29, 0.717) is 0 Å². The molecule has 2 aromatic rings. The summed E-state index contributed by atoms with van der Waals surface area (Å²) in [5, 5.41) is 0. The summed E-state index contributed by atoms with van der Waals surface area (Å²) >= 11 is 2.96. The Kier molecular flexibility index (Phi) is 2.87. The maximum absolute atomic E-state index is 13.7. The summed E-state index contributed by atoms with van der Waals surface area (Å²) in [6.07, 6.45) is 1.34. The Bertz CT molecular complexity index is 595. The van der Waals surface area contributed by atoms with E-state index >= 15 is 0 Å². The lowest BCUT2D eigenvalue weighted by Crippen LogP contribution is -2.01. The average Bonchev–Trinajstić information content (AvgIpc) is 2.24. The van der Waals surface area contributed by atoms with Crippen molar-refractivity contribution in [3.63, 3.8) is 0 Å². The van der Waals surface area contributed by atoms with Crippen LogP contribution < -0.4 is 5.43 Å². The summed E-state index contributed by atoms with van der Waals surface area (Å²) in [6.45, 7) is 0. The second-order valence-electron chi connectivity index (χ2n) is 3.16. The van der Waals surface area contributed by atoms with Gasteiger partial charge in [-0.05, 0) is 28.1 Å². The molecule has 2 nitrogen and oxygen atoms in total. The predicted octanol–water partition coefficient (Wildman–Crippen LogP) is 3.08. The van der Waals surface area contributed by atoms with Gasteiger partial charge in [0.15, 0.2) is 5.43 Å². The number of H-pyrrole nitrogens is 1. The van der Waals surface area contributed by atoms with Crippen molar-refractivity contribution in [2.24, 2.45) is 0 Å². The van der Waals surface area contributed by atoms with Gasteiger partial charge in [-0.3, -0.25) is 4.79 Å². The maximum Gasteiger partial charge on any atom is 0.182 e. The number of hydrogen-bond donors (Lipinski definition) is 1. The van der Waals surface area contributed by atoms with Crippen LogP contribution in [-0.4, -0.2) is 4.98 Å². The van der Waals surface area contributed by atoms with Crippen molar-refractivity contribution in [3.05, 3.63) is 56.8 Å². The molecule has 1 aromatic carbocycles. The third-order valence-electron chi connectivity index (χ3n) is 2.09. The molecule has 1 aromatic heterocycles. The molecule has 2 rings (SSSR count). The second kappa shape index (κ2) is 4.17. The number of halogens is 3. The van der Waals surface area contributed by atoms with Gasteiger partial charge in [0.05, 0.1) is 15.7 Å². The van der Waals surface area contributed by atoms with Gasteiger partial charge in [-0.2, -0.15) is 0 Å². The molecule has 0 amide bonds. The number of rotatable bonds is 1. The van der Waals surface area contributed by atoms with Gasteiger partial charge in [0.1, 0.15) is 11.6 Å². The van der Waals surface area contributed by atoms with E-state index < -0.39 is 11.6 Å². The zero-order chi connectivity index (χ0) is 11.7. The largest absolute Gasteiger partial charge is 0.361 e. The fourth-order valence-electron chi connectivity index (χ4n) is 1.36. The SMILES string of the molecule is O=c1cc[nH]c(-c2c(F)ccc(Br)c2F)c1. The lowest BCUT2D eigenvalue weighted by atomic mass is 10.1. The van der Waals surface area contributed by atoms with Gasteiger partial charge in [-0.1, -0.05) is 0 Å². The topological polar surface area (TPSA) is 32.9 Å². The van der Waals surface area contributed by atoms with Crippen molar-refractivity contribution in [2.45, 2.75) is 0 Å². The molecule has 0 aliphatic rings. The summed E-state index contributed by atoms with van der Waals surface area (Å²) in [7, 11) is 0. The zero-order valence-corrected chi connectivity index (χ0v) is 9.51. The van der Waals surface area contributed by atoms with E-state index in [1.54, 1.807) is 0 Å². The number of hydrogen-bond acceptors (Lipinski definition) is 1. The Balaban J connectivity index is 2.73. The highest BCUT2D eigenvalue weighted by molar-refractivity contribution is 9.10. The summed E-state index contributed by atoms with van der Waals surface area (Å²) in [5.74, 6) is -1.45. The lowest BCUT2D eigenvalue weighted by molar-refractivity contribution is 0.584. The first kappa shape index (κ1) is 11.0. The molecule has 0 unspecified atom stereocenters. The highest BCUT2D eigenvalue weighted by Gasteiger charge is 2.14. The predicted molar refractivity (Wildman–Crippen MR) is 60.1 cm³/mol. The highest BCUT2D eigenvalue weighted by Crippen LogP contribution is 2.28. The van der Waals surface area contributed by atoms with Crippen LogP contribution in [-0.2, 0) is 0 Å². The van der Waals surface area contributed by atoms with Gasteiger partial charge < -0.3 is 4.98 Å². The first-order valence-corrected chi connectivity index (χ1v) is 5.21. The molecule has 1 N–H and O–H groups in total. The molecule has 0 spiro atoms. The van der Waals surface area contributed by atoms with Crippen LogP contribution in [0.3, 0.4) is 0 Å². The van der Waals surface area contributed by atoms with Crippen LogP contribution in [0, 0.1) is 11.6 Å². The molecule has 16 heavy (non-hydrogen) atoms. The van der Waals surface area contributed by atoms with E-state index in [1.165, 1.54) is 18.3 Å². The molecule has 0 aliphatic heterocycles. The van der Waals surface area contributed by atoms with Gasteiger partial charge in [-0.15, -0.1) is 0 Å². The van der Waals surface area contributed by atoms with Gasteiger partial charge in [-0.25, -0.2) is 8.78 Å². The normalized spacial score (nSPS) is 10.4. The number of pyridine rings is 1. The van der Waals surface area contributed by atoms with E-state index in [4.69, 9.17) is 0 Å². The first-order chi connectivity index (χ1) is 7.59. The van der Waals surface area contributed by atoms with Crippen molar-refractivity contribution < 1.29 is 8.78 Å². The summed E-state index contributed by atoms with van der Waals surface area (Å²) < 4.78 is 27.3. The smallest absolute Gasteiger partial charge is 0.182 e. The van der Waals surface area contributed by atoms with Crippen molar-refractivity contribution in [2.75, 3.05) is 0 Å². The zero-order valence-electron chi connectivity index (χ0n) is 7.93. The minimum atomic E-state index is -0.734. The van der Waals surface area contributed by atoms with Gasteiger partial charge in [0.2, 0.25) is 0 Å². The van der Waals surface area contributed by atoms with E-state index in [2.05, 4.69) is 20.9 Å². The molecule has 0 bridgehead atoms. The molecule has 0 fully saturated rings. The van der Waals surface area contributed by atoms with E-state index in [9.17, 15) is 13.6 Å². The van der Waals surface area contributed by atoms with Crippen LogP contribution in [0.1, 0.15) is 0 Å². The standard InChI is InChI=1S/C11H6BrF2NO/c12-7-1-2-8(13)10(11(7)14)9-5-6(16)3-4-15-9/h1-5H,(H,15,16). The highest BCUT2D eigenvalue weighted by atomic mass is 79.9. The van der Waals surface area contributed by atoms with Crippen LogP contribution in [0.25, 0.3) is 11.3 Å². The van der Waals surface area contributed by atoms with Crippen LogP contribution >= 0.6 is 15.9 Å². The van der Waals surface area contributed by atoms with Crippen LogP contribution in [0.4, 0.5) is 8.78 Å². The van der Waals surface area contributed by atoms with Crippen molar-refractivity contribution in [1.29, 1.82) is 0 Å². The maximum atomic E-state index is 13.7. The molecule has 0 radical (unpaired) electrons. The minimum absolute atomic E-state index is 0.115. The number of benzene rings is 1. The molecule has 0 atom stereocenters. The average molecular weight is 286 g/mol. The summed E-state index contributed by atoms with van der Waals surface area (Å²) in [6, 6.07) is 4.83. The molecule has 5 heteroatoms. The lowest BCUT2D eigenvalue weighted by Gasteiger charge is -2.05. The van der Waals surface area contributed by atoms with Gasteiger partial charge >= 0.3 is 0 Å². The van der Waals surface area contributed by atoms with E-state index in [1.807, 2.05) is 0 Å². The molecule has 0 saturated heterocycles. The summed E-state index contributed by atoms with van der Waals surface area (Å²) in [5.41, 5.74) is -0.441. The van der Waals surface area contributed by atoms with Crippen LogP contribution in [0.2, 0.25) is 0 Å². The van der Waals surface area contributed by atoms with Gasteiger partial charge in [0, 0.05) is 18.3 Å². The Morgan fingerprint density at radius 2 is 1.94 bits per heavy atom. The third-order valence-corrected chi connectivity index (χ3v) is 2.70. The molecule has 1 heterocycles. The Hall–Kier alpha value is -1.49. The summed E-state index contributed by atoms with van der Waals surface area (Å²) in [4.78, 5) is 13.7. The second-order valence-corrected chi connectivity index (χ2v) is 4.01. The Labute approximate surface area is 98.1 Å². The number of aromatic amines is 1. The van der Waals surface area contributed by atoms with Crippen molar-refractivity contribution >= 4 is 15.9 Å². The number of nitrogens with one attached hydrogen (secondary N) is 1. The fraction of sp³-hybridized carbons (Fsp3) is 0. The molecule has 0 aliphatic carbocycles. The monoisotopic (exact) mass is 285 g/mol. The fourth-order valence-corrected chi connectivity index (χ4v) is 1.69. The van der Waals surface area contributed by atoms with Crippen LogP contribution in [0.15, 0.2) is 39.7 Å². The third kappa shape index (κ3) is 1.90. The van der Waals surface area contributed by atoms with E-state index in [-0.39, 0.29) is 21.2 Å². The molecular weight excluding hydrogens is 280 g/mol. The first-order valence-electron chi connectivity index (χ1n) is 4.42. The van der Waals surface area contributed by atoms with Gasteiger partial charge in [0.25, 0.3) is 0 Å². The number of aromatic nitrogens is 1. The molecular formula is C11H6BrF2NO. The molecule has 82 valence electrons. The Morgan fingerprint density at radius 1 is 1.19 bits per heavy atom.